The van der Waals surface area contributed by atoms with Gasteiger partial charge in [0.25, 0.3) is 9.76 Å². The maximum atomic E-state index is 5.72. The quantitative estimate of drug-likeness (QED) is 0.569. The van der Waals surface area contributed by atoms with Crippen LogP contribution in [0.3, 0.4) is 0 Å². The summed E-state index contributed by atoms with van der Waals surface area (Å²) in [6, 6.07) is 19.2. The van der Waals surface area contributed by atoms with Crippen molar-refractivity contribution in [1.29, 1.82) is 0 Å². The van der Waals surface area contributed by atoms with Gasteiger partial charge < -0.3 is 4.43 Å². The van der Waals surface area contributed by atoms with E-state index in [9.17, 15) is 0 Å². The van der Waals surface area contributed by atoms with Crippen LogP contribution in [-0.4, -0.2) is 16.4 Å². The van der Waals surface area contributed by atoms with E-state index in [4.69, 9.17) is 4.43 Å². The van der Waals surface area contributed by atoms with Crippen molar-refractivity contribution in [3.63, 3.8) is 0 Å². The molecule has 2 radical (unpaired) electrons. The molecule has 2 rings (SSSR count). The zero-order valence-electron chi connectivity index (χ0n) is 10.7. The van der Waals surface area contributed by atoms with Gasteiger partial charge in [0.15, 0.2) is 0 Å². The maximum absolute atomic E-state index is 5.72. The summed E-state index contributed by atoms with van der Waals surface area (Å²) in [7, 11) is 0.454. The van der Waals surface area contributed by atoms with Gasteiger partial charge in [-0.1, -0.05) is 61.5 Å². The average molecular weight is 254 g/mol. The molecule has 0 fully saturated rings. The van der Waals surface area contributed by atoms with Crippen molar-refractivity contribution in [1.82, 2.24) is 0 Å². The van der Waals surface area contributed by atoms with Crippen LogP contribution in [0, 0.1) is 0 Å². The minimum Gasteiger partial charge on any atom is -0.411 e. The summed E-state index contributed by atoms with van der Waals surface area (Å²) in [6.45, 7) is 2.96. The van der Waals surface area contributed by atoms with Crippen molar-refractivity contribution in [2.45, 2.75) is 19.8 Å². The lowest BCUT2D eigenvalue weighted by molar-refractivity contribution is 0.346. The Labute approximate surface area is 112 Å². The second kappa shape index (κ2) is 7.14. The Balaban J connectivity index is 1.72. The summed E-state index contributed by atoms with van der Waals surface area (Å²) in [5, 5.41) is 1.28. The molecule has 92 valence electrons. The van der Waals surface area contributed by atoms with Crippen LogP contribution in [0.4, 0.5) is 0 Å². The van der Waals surface area contributed by atoms with E-state index in [2.05, 4.69) is 55.5 Å². The maximum Gasteiger partial charge on any atom is 0.268 e. The number of aryl methyl sites for hydroxylation is 1. The number of hydrogen-bond acceptors (Lipinski definition) is 1. The van der Waals surface area contributed by atoms with E-state index in [1.807, 2.05) is 6.07 Å². The van der Waals surface area contributed by atoms with Crippen LogP contribution in [0.5, 0.6) is 0 Å². The molecule has 2 aromatic rings. The fourth-order valence-corrected chi connectivity index (χ4v) is 2.43. The predicted octanol–water partition coefficient (Wildman–Crippen LogP) is 2.75. The van der Waals surface area contributed by atoms with Crippen LogP contribution >= 0.6 is 0 Å². The molecule has 0 unspecified atom stereocenters. The Morgan fingerprint density at radius 3 is 2.28 bits per heavy atom. The van der Waals surface area contributed by atoms with Crippen molar-refractivity contribution < 1.29 is 4.43 Å². The smallest absolute Gasteiger partial charge is 0.268 e. The van der Waals surface area contributed by atoms with Crippen LogP contribution in [0.1, 0.15) is 18.1 Å². The van der Waals surface area contributed by atoms with E-state index in [0.717, 1.165) is 19.4 Å². The lowest BCUT2D eigenvalue weighted by Crippen LogP contribution is -2.18. The largest absolute Gasteiger partial charge is 0.411 e. The van der Waals surface area contributed by atoms with Crippen molar-refractivity contribution >= 4 is 14.9 Å². The Hall–Kier alpha value is -1.38. The van der Waals surface area contributed by atoms with Crippen LogP contribution in [0.15, 0.2) is 54.6 Å². The van der Waals surface area contributed by atoms with Crippen molar-refractivity contribution in [3.05, 3.63) is 65.7 Å². The standard InChI is InChI=1S/C16H18OSi/c1-2-14-8-10-16(11-9-14)18-17-13-12-15-6-4-3-5-7-15/h3-11H,2,12-13H2,1H3. The molecule has 0 bridgehead atoms. The molecule has 0 aliphatic rings. The molecule has 18 heavy (non-hydrogen) atoms. The molecule has 0 aromatic heterocycles. The molecule has 0 spiro atoms. The molecule has 2 heteroatoms. The van der Waals surface area contributed by atoms with Gasteiger partial charge in [0.1, 0.15) is 0 Å². The minimum atomic E-state index is 0.454. The van der Waals surface area contributed by atoms with Crippen molar-refractivity contribution in [3.8, 4) is 0 Å². The SMILES string of the molecule is CCc1ccc([Si]OCCc2ccccc2)cc1. The molecular formula is C16H18OSi. The Kier molecular flexibility index (Phi) is 5.18. The summed E-state index contributed by atoms with van der Waals surface area (Å²) in [5.41, 5.74) is 2.72. The topological polar surface area (TPSA) is 9.23 Å². The van der Waals surface area contributed by atoms with Crippen molar-refractivity contribution in [2.75, 3.05) is 6.61 Å². The predicted molar refractivity (Wildman–Crippen MR) is 77.3 cm³/mol. The van der Waals surface area contributed by atoms with Gasteiger partial charge in [-0.25, -0.2) is 0 Å². The van der Waals surface area contributed by atoms with E-state index < -0.39 is 0 Å². The summed E-state index contributed by atoms with van der Waals surface area (Å²) in [6.07, 6.45) is 2.08. The second-order valence-electron chi connectivity index (χ2n) is 4.24. The van der Waals surface area contributed by atoms with E-state index in [0.29, 0.717) is 9.76 Å². The van der Waals surface area contributed by atoms with Gasteiger partial charge in [0, 0.05) is 6.61 Å². The number of hydrogen-bond donors (Lipinski definition) is 0. The summed E-state index contributed by atoms with van der Waals surface area (Å²) in [5.74, 6) is 0. The Morgan fingerprint density at radius 1 is 0.889 bits per heavy atom. The first-order valence-corrected chi connectivity index (χ1v) is 7.30. The zero-order valence-corrected chi connectivity index (χ0v) is 11.7. The molecule has 0 amide bonds. The average Bonchev–Trinajstić information content (AvgIpc) is 2.45. The fourth-order valence-electron chi connectivity index (χ4n) is 1.76. The van der Waals surface area contributed by atoms with E-state index in [-0.39, 0.29) is 0 Å². The highest BCUT2D eigenvalue weighted by Gasteiger charge is 1.97. The molecule has 0 aliphatic carbocycles. The Bertz CT molecular complexity index is 450. The third-order valence-electron chi connectivity index (χ3n) is 2.89. The van der Waals surface area contributed by atoms with Gasteiger partial charge in [0.2, 0.25) is 0 Å². The molecule has 0 heterocycles. The highest BCUT2D eigenvalue weighted by molar-refractivity contribution is 6.46. The van der Waals surface area contributed by atoms with Gasteiger partial charge in [-0.2, -0.15) is 0 Å². The Morgan fingerprint density at radius 2 is 1.61 bits per heavy atom. The molecule has 0 saturated carbocycles. The molecule has 2 aromatic carbocycles. The zero-order chi connectivity index (χ0) is 12.6. The number of rotatable bonds is 6. The normalized spacial score (nSPS) is 10.5. The van der Waals surface area contributed by atoms with E-state index >= 15 is 0 Å². The van der Waals surface area contributed by atoms with Gasteiger partial charge in [-0.3, -0.25) is 0 Å². The highest BCUT2D eigenvalue weighted by atomic mass is 28.2. The van der Waals surface area contributed by atoms with Crippen LogP contribution < -0.4 is 5.19 Å². The first kappa shape index (κ1) is 13.1. The molecule has 0 aliphatic heterocycles. The lowest BCUT2D eigenvalue weighted by Gasteiger charge is -2.04. The van der Waals surface area contributed by atoms with E-state index in [1.54, 1.807) is 0 Å². The van der Waals surface area contributed by atoms with Gasteiger partial charge >= 0.3 is 0 Å². The first-order valence-electron chi connectivity index (χ1n) is 6.39. The summed E-state index contributed by atoms with van der Waals surface area (Å²) < 4.78 is 5.72. The van der Waals surface area contributed by atoms with Crippen LogP contribution in [-0.2, 0) is 17.3 Å². The fraction of sp³-hybridized carbons (Fsp3) is 0.250. The number of benzene rings is 2. The van der Waals surface area contributed by atoms with E-state index in [1.165, 1.54) is 16.3 Å². The lowest BCUT2D eigenvalue weighted by atomic mass is 10.2. The molecule has 0 atom stereocenters. The summed E-state index contributed by atoms with van der Waals surface area (Å²) in [4.78, 5) is 0. The first-order chi connectivity index (χ1) is 8.88. The monoisotopic (exact) mass is 254 g/mol. The second-order valence-corrected chi connectivity index (χ2v) is 5.31. The molecule has 0 saturated heterocycles. The van der Waals surface area contributed by atoms with Gasteiger partial charge in [-0.05, 0) is 29.2 Å². The highest BCUT2D eigenvalue weighted by Crippen LogP contribution is 2.00. The van der Waals surface area contributed by atoms with Gasteiger partial charge in [-0.15, -0.1) is 0 Å². The molecule has 0 N–H and O–H groups in total. The molecular weight excluding hydrogens is 236 g/mol. The van der Waals surface area contributed by atoms with Crippen molar-refractivity contribution in [2.24, 2.45) is 0 Å². The summed E-state index contributed by atoms with van der Waals surface area (Å²) >= 11 is 0. The molecule has 1 nitrogen and oxygen atoms in total. The van der Waals surface area contributed by atoms with Crippen LogP contribution in [0.2, 0.25) is 0 Å². The minimum absolute atomic E-state index is 0.454. The van der Waals surface area contributed by atoms with Gasteiger partial charge in [0.05, 0.1) is 0 Å². The third-order valence-corrected chi connectivity index (χ3v) is 3.81. The third kappa shape index (κ3) is 4.13. The van der Waals surface area contributed by atoms with Crippen LogP contribution in [0.25, 0.3) is 0 Å².